The number of nitrogens with one attached hydrogen (secondary N) is 3. The molecule has 3 N–H and O–H groups in total. The lowest BCUT2D eigenvalue weighted by Crippen LogP contribution is -2.10. The topological polar surface area (TPSA) is 36.1 Å². The monoisotopic (exact) mass is 193 g/mol. The molecule has 14 heavy (non-hydrogen) atoms. The lowest BCUT2D eigenvalue weighted by atomic mass is 10.2. The Labute approximate surface area is 85.9 Å². The molecule has 0 aliphatic carbocycles. The molecule has 78 valence electrons. The maximum atomic E-state index is 3.36. The van der Waals surface area contributed by atoms with Crippen LogP contribution >= 0.6 is 0 Å². The first kappa shape index (κ1) is 10.7. The van der Waals surface area contributed by atoms with Gasteiger partial charge in [0.25, 0.3) is 0 Å². The Hall–Kier alpha value is -1.38. The van der Waals surface area contributed by atoms with E-state index in [-0.39, 0.29) is 0 Å². The van der Waals surface area contributed by atoms with Crippen LogP contribution in [-0.4, -0.2) is 20.1 Å². The molecular formula is C11H19N3. The van der Waals surface area contributed by atoms with Crippen LogP contribution in [0.2, 0.25) is 0 Å². The third-order valence-corrected chi connectivity index (χ3v) is 2.01. The molecule has 0 aliphatic heterocycles. The highest BCUT2D eigenvalue weighted by Crippen LogP contribution is 2.25. The maximum Gasteiger partial charge on any atom is 0.0594 e. The molecule has 0 radical (unpaired) electrons. The molecule has 0 aromatic heterocycles. The molecule has 0 aliphatic rings. The molecule has 1 aromatic carbocycles. The Bertz CT molecular complexity index is 295. The Balaban J connectivity index is 2.89. The average Bonchev–Trinajstić information content (AvgIpc) is 2.16. The van der Waals surface area contributed by atoms with Crippen molar-refractivity contribution < 1.29 is 0 Å². The third kappa shape index (κ3) is 2.55. The first-order valence-corrected chi connectivity index (χ1v) is 4.93. The van der Waals surface area contributed by atoms with E-state index >= 15 is 0 Å². The fraction of sp³-hybridized carbons (Fsp3) is 0.455. The van der Waals surface area contributed by atoms with E-state index < -0.39 is 0 Å². The highest BCUT2D eigenvalue weighted by molar-refractivity contribution is 5.73. The summed E-state index contributed by atoms with van der Waals surface area (Å²) in [4.78, 5) is 0. The van der Waals surface area contributed by atoms with Crippen LogP contribution in [-0.2, 0) is 0 Å². The molecule has 0 heterocycles. The first-order valence-electron chi connectivity index (χ1n) is 4.93. The fourth-order valence-corrected chi connectivity index (χ4v) is 1.39. The summed E-state index contributed by atoms with van der Waals surface area (Å²) in [7, 11) is 3.85. The van der Waals surface area contributed by atoms with Gasteiger partial charge in [0.2, 0.25) is 0 Å². The minimum Gasteiger partial charge on any atom is -0.386 e. The Morgan fingerprint density at radius 3 is 2.14 bits per heavy atom. The summed E-state index contributed by atoms with van der Waals surface area (Å²) in [6.07, 6.45) is 0. The first-order chi connectivity index (χ1) is 6.67. The number of hydrogen-bond donors (Lipinski definition) is 3. The van der Waals surface area contributed by atoms with Gasteiger partial charge in [-0.15, -0.1) is 0 Å². The van der Waals surface area contributed by atoms with E-state index in [1.54, 1.807) is 0 Å². The number of rotatable bonds is 4. The molecule has 0 atom stereocenters. The van der Waals surface area contributed by atoms with Crippen molar-refractivity contribution in [2.24, 2.45) is 0 Å². The molecule has 0 fully saturated rings. The standard InChI is InChI=1S/C11H19N3/c1-8(2)14-9-5-6-10(12-3)11(7-9)13-4/h5-8,12-14H,1-4H3. The van der Waals surface area contributed by atoms with Gasteiger partial charge in [-0.2, -0.15) is 0 Å². The van der Waals surface area contributed by atoms with Gasteiger partial charge in [0, 0.05) is 25.8 Å². The predicted octanol–water partition coefficient (Wildman–Crippen LogP) is 2.59. The molecule has 0 spiro atoms. The number of anilines is 3. The molecule has 1 rings (SSSR count). The molecule has 3 heteroatoms. The van der Waals surface area contributed by atoms with Crippen LogP contribution in [0.15, 0.2) is 18.2 Å². The number of hydrogen-bond acceptors (Lipinski definition) is 3. The van der Waals surface area contributed by atoms with E-state index in [1.807, 2.05) is 14.1 Å². The van der Waals surface area contributed by atoms with Gasteiger partial charge in [-0.3, -0.25) is 0 Å². The van der Waals surface area contributed by atoms with Crippen LogP contribution in [0.3, 0.4) is 0 Å². The molecule has 3 nitrogen and oxygen atoms in total. The summed E-state index contributed by atoms with van der Waals surface area (Å²) in [5.74, 6) is 0. The second kappa shape index (κ2) is 4.74. The Morgan fingerprint density at radius 2 is 1.64 bits per heavy atom. The van der Waals surface area contributed by atoms with Crippen LogP contribution in [0.4, 0.5) is 17.1 Å². The third-order valence-electron chi connectivity index (χ3n) is 2.01. The van der Waals surface area contributed by atoms with Crippen molar-refractivity contribution in [1.29, 1.82) is 0 Å². The highest BCUT2D eigenvalue weighted by atomic mass is 14.9. The summed E-state index contributed by atoms with van der Waals surface area (Å²) in [5, 5.41) is 9.66. The van der Waals surface area contributed by atoms with Crippen molar-refractivity contribution in [3.63, 3.8) is 0 Å². The smallest absolute Gasteiger partial charge is 0.0594 e. The van der Waals surface area contributed by atoms with Gasteiger partial charge < -0.3 is 16.0 Å². The summed E-state index contributed by atoms with van der Waals surface area (Å²) < 4.78 is 0. The minimum absolute atomic E-state index is 0.458. The van der Waals surface area contributed by atoms with Crippen molar-refractivity contribution in [2.45, 2.75) is 19.9 Å². The van der Waals surface area contributed by atoms with E-state index in [1.165, 1.54) is 0 Å². The summed E-state index contributed by atoms with van der Waals surface area (Å²) >= 11 is 0. The normalized spacial score (nSPS) is 10.1. The molecule has 0 saturated carbocycles. The van der Waals surface area contributed by atoms with Gasteiger partial charge in [-0.1, -0.05) is 0 Å². The van der Waals surface area contributed by atoms with Crippen LogP contribution in [0, 0.1) is 0 Å². The molecular weight excluding hydrogens is 174 g/mol. The predicted molar refractivity (Wildman–Crippen MR) is 64.3 cm³/mol. The molecule has 1 aromatic rings. The quantitative estimate of drug-likeness (QED) is 0.688. The van der Waals surface area contributed by atoms with Crippen molar-refractivity contribution in [3.8, 4) is 0 Å². The van der Waals surface area contributed by atoms with E-state index in [4.69, 9.17) is 0 Å². The zero-order valence-electron chi connectivity index (χ0n) is 9.31. The van der Waals surface area contributed by atoms with E-state index in [0.717, 1.165) is 17.1 Å². The zero-order valence-corrected chi connectivity index (χ0v) is 9.31. The van der Waals surface area contributed by atoms with Crippen molar-refractivity contribution >= 4 is 17.1 Å². The van der Waals surface area contributed by atoms with Crippen LogP contribution < -0.4 is 16.0 Å². The Morgan fingerprint density at radius 1 is 1.00 bits per heavy atom. The second-order valence-corrected chi connectivity index (χ2v) is 3.56. The Kier molecular flexibility index (Phi) is 3.63. The van der Waals surface area contributed by atoms with E-state index in [2.05, 4.69) is 48.0 Å². The fourth-order valence-electron chi connectivity index (χ4n) is 1.39. The van der Waals surface area contributed by atoms with E-state index in [9.17, 15) is 0 Å². The molecule has 0 saturated heterocycles. The van der Waals surface area contributed by atoms with Crippen molar-refractivity contribution in [3.05, 3.63) is 18.2 Å². The molecule has 0 unspecified atom stereocenters. The molecule has 0 bridgehead atoms. The number of benzene rings is 1. The van der Waals surface area contributed by atoms with Gasteiger partial charge in [-0.05, 0) is 32.0 Å². The van der Waals surface area contributed by atoms with Crippen LogP contribution in [0.1, 0.15) is 13.8 Å². The summed E-state index contributed by atoms with van der Waals surface area (Å²) in [6, 6.07) is 6.70. The largest absolute Gasteiger partial charge is 0.386 e. The van der Waals surface area contributed by atoms with Crippen molar-refractivity contribution in [2.75, 3.05) is 30.0 Å². The second-order valence-electron chi connectivity index (χ2n) is 3.56. The lowest BCUT2D eigenvalue weighted by Gasteiger charge is -2.14. The van der Waals surface area contributed by atoms with Crippen molar-refractivity contribution in [1.82, 2.24) is 0 Å². The van der Waals surface area contributed by atoms with Gasteiger partial charge >= 0.3 is 0 Å². The zero-order chi connectivity index (χ0) is 10.6. The summed E-state index contributed by atoms with van der Waals surface area (Å²) in [5.41, 5.74) is 3.36. The summed E-state index contributed by atoms with van der Waals surface area (Å²) in [6.45, 7) is 4.26. The van der Waals surface area contributed by atoms with Gasteiger partial charge in [-0.25, -0.2) is 0 Å². The van der Waals surface area contributed by atoms with Gasteiger partial charge in [0.05, 0.1) is 11.4 Å². The average molecular weight is 193 g/mol. The van der Waals surface area contributed by atoms with Gasteiger partial charge in [0.15, 0.2) is 0 Å². The van der Waals surface area contributed by atoms with Crippen LogP contribution in [0.5, 0.6) is 0 Å². The maximum absolute atomic E-state index is 3.36. The van der Waals surface area contributed by atoms with Crippen LogP contribution in [0.25, 0.3) is 0 Å². The SMILES string of the molecule is CNc1ccc(NC(C)C)cc1NC. The molecule has 0 amide bonds. The van der Waals surface area contributed by atoms with E-state index in [0.29, 0.717) is 6.04 Å². The van der Waals surface area contributed by atoms with Gasteiger partial charge in [0.1, 0.15) is 0 Å². The minimum atomic E-state index is 0.458. The lowest BCUT2D eigenvalue weighted by molar-refractivity contribution is 0.900. The highest BCUT2D eigenvalue weighted by Gasteiger charge is 2.01.